The Labute approximate surface area is 169 Å². The van der Waals surface area contributed by atoms with Crippen molar-refractivity contribution in [3.63, 3.8) is 0 Å². The summed E-state index contributed by atoms with van der Waals surface area (Å²) in [4.78, 5) is 0. The van der Waals surface area contributed by atoms with Gasteiger partial charge in [0, 0.05) is 5.41 Å². The molecule has 152 valence electrons. The van der Waals surface area contributed by atoms with Gasteiger partial charge in [-0.25, -0.2) is 0 Å². The second kappa shape index (κ2) is 4.86. The Balaban J connectivity index is 1.38. The van der Waals surface area contributed by atoms with Crippen LogP contribution in [-0.2, 0) is 25.4 Å². The van der Waals surface area contributed by atoms with E-state index in [2.05, 4.69) is 27.0 Å². The zero-order valence-corrected chi connectivity index (χ0v) is 17.7. The lowest BCUT2D eigenvalue weighted by Gasteiger charge is -2.53. The van der Waals surface area contributed by atoms with Crippen molar-refractivity contribution in [2.75, 3.05) is 12.2 Å². The van der Waals surface area contributed by atoms with E-state index in [1.165, 1.54) is 11.1 Å². The second-order valence-electron chi connectivity index (χ2n) is 10.2. The second-order valence-corrected chi connectivity index (χ2v) is 11.0. The Morgan fingerprint density at radius 2 is 2.07 bits per heavy atom. The third-order valence-corrected chi connectivity index (χ3v) is 9.55. The molecule has 0 bridgehead atoms. The predicted octanol–water partition coefficient (Wildman–Crippen LogP) is 3.51. The van der Waals surface area contributed by atoms with Gasteiger partial charge in [-0.15, -0.1) is 11.8 Å². The average Bonchev–Trinajstić information content (AvgIpc) is 3.57. The highest BCUT2D eigenvalue weighted by atomic mass is 32.2. The molecular formula is C22H28O5S. The summed E-state index contributed by atoms with van der Waals surface area (Å²) in [5, 5.41) is 0. The number of furan rings is 1. The van der Waals surface area contributed by atoms with Gasteiger partial charge < -0.3 is 23.4 Å². The van der Waals surface area contributed by atoms with Gasteiger partial charge in [0.2, 0.25) is 0 Å². The SMILES string of the molecule is CSCO[C@@H]1[C@@]2(C(C)C)O[C@H]2[C@@H]2O[C@]23[C@]12O[C@H]2C[C@H]1c2cocc2CC[C@@]13C. The Kier molecular flexibility index (Phi) is 2.98. The van der Waals surface area contributed by atoms with Gasteiger partial charge in [0.15, 0.2) is 5.60 Å². The van der Waals surface area contributed by atoms with Crippen LogP contribution < -0.4 is 0 Å². The average molecular weight is 405 g/mol. The third kappa shape index (κ3) is 1.51. The number of aryl methyl sites for hydroxylation is 1. The zero-order valence-electron chi connectivity index (χ0n) is 16.9. The first-order chi connectivity index (χ1) is 13.5. The van der Waals surface area contributed by atoms with E-state index in [1.54, 1.807) is 11.8 Å². The van der Waals surface area contributed by atoms with Crippen LogP contribution in [0.15, 0.2) is 16.9 Å². The van der Waals surface area contributed by atoms with E-state index in [9.17, 15) is 0 Å². The van der Waals surface area contributed by atoms with Gasteiger partial charge in [-0.05, 0) is 48.5 Å². The number of hydrogen-bond acceptors (Lipinski definition) is 6. The Hall–Kier alpha value is -0.530. The van der Waals surface area contributed by atoms with Crippen molar-refractivity contribution in [3.05, 3.63) is 23.7 Å². The number of fused-ring (bicyclic) bond motifs is 5. The number of hydrogen-bond donors (Lipinski definition) is 0. The van der Waals surface area contributed by atoms with Crippen LogP contribution in [0.25, 0.3) is 0 Å². The van der Waals surface area contributed by atoms with Gasteiger partial charge in [0.25, 0.3) is 0 Å². The smallest absolute Gasteiger partial charge is 0.156 e. The summed E-state index contributed by atoms with van der Waals surface area (Å²) >= 11 is 1.72. The minimum Gasteiger partial charge on any atom is -0.472 e. The van der Waals surface area contributed by atoms with Crippen molar-refractivity contribution in [1.29, 1.82) is 0 Å². The Bertz CT molecular complexity index is 869. The van der Waals surface area contributed by atoms with Crippen LogP contribution in [0.2, 0.25) is 0 Å². The lowest BCUT2D eigenvalue weighted by molar-refractivity contribution is -0.111. The molecular weight excluding hydrogens is 376 g/mol. The fourth-order valence-electron chi connectivity index (χ4n) is 7.83. The van der Waals surface area contributed by atoms with Gasteiger partial charge >= 0.3 is 0 Å². The molecule has 0 unspecified atom stereocenters. The van der Waals surface area contributed by atoms with E-state index >= 15 is 0 Å². The molecule has 4 heterocycles. The van der Waals surface area contributed by atoms with Crippen molar-refractivity contribution in [2.45, 2.75) is 87.2 Å². The van der Waals surface area contributed by atoms with Crippen LogP contribution >= 0.6 is 11.8 Å². The fourth-order valence-corrected chi connectivity index (χ4v) is 8.10. The maximum atomic E-state index is 6.75. The Morgan fingerprint density at radius 1 is 1.21 bits per heavy atom. The Morgan fingerprint density at radius 3 is 2.86 bits per heavy atom. The molecule has 0 amide bonds. The maximum absolute atomic E-state index is 6.75. The third-order valence-electron chi connectivity index (χ3n) is 9.18. The van der Waals surface area contributed by atoms with E-state index < -0.39 is 0 Å². The van der Waals surface area contributed by atoms with Gasteiger partial charge in [0.05, 0.1) is 24.6 Å². The van der Waals surface area contributed by atoms with E-state index in [-0.39, 0.29) is 46.6 Å². The number of rotatable bonds is 4. The quantitative estimate of drug-likeness (QED) is 0.565. The highest BCUT2D eigenvalue weighted by Crippen LogP contribution is 2.83. The lowest BCUT2D eigenvalue weighted by Crippen LogP contribution is -2.69. The van der Waals surface area contributed by atoms with E-state index in [4.69, 9.17) is 23.4 Å². The molecule has 0 radical (unpaired) electrons. The molecule has 7 rings (SSSR count). The van der Waals surface area contributed by atoms with Crippen LogP contribution in [-0.4, -0.2) is 53.4 Å². The largest absolute Gasteiger partial charge is 0.472 e. The number of ether oxygens (including phenoxy) is 4. The monoisotopic (exact) mass is 404 g/mol. The molecule has 2 spiro atoms. The normalized spacial score (nSPS) is 56.7. The zero-order chi connectivity index (χ0) is 19.1. The van der Waals surface area contributed by atoms with Gasteiger partial charge in [-0.1, -0.05) is 20.8 Å². The molecule has 1 aromatic heterocycles. The highest BCUT2D eigenvalue weighted by Gasteiger charge is 3.00. The minimum atomic E-state index is -0.350. The van der Waals surface area contributed by atoms with Crippen molar-refractivity contribution in [1.82, 2.24) is 0 Å². The summed E-state index contributed by atoms with van der Waals surface area (Å²) in [5.74, 6) is 1.47. The summed E-state index contributed by atoms with van der Waals surface area (Å²) in [6.45, 7) is 6.94. The van der Waals surface area contributed by atoms with Crippen LogP contribution in [0.5, 0.6) is 0 Å². The number of epoxide rings is 3. The topological polar surface area (TPSA) is 60.0 Å². The van der Waals surface area contributed by atoms with Gasteiger partial charge in [0.1, 0.15) is 29.5 Å². The lowest BCUT2D eigenvalue weighted by atomic mass is 9.47. The first-order valence-corrected chi connectivity index (χ1v) is 12.1. The summed E-state index contributed by atoms with van der Waals surface area (Å²) < 4.78 is 32.1. The molecule has 6 aliphatic rings. The van der Waals surface area contributed by atoms with Crippen molar-refractivity contribution < 1.29 is 23.4 Å². The first kappa shape index (κ1) is 17.2. The van der Waals surface area contributed by atoms with E-state index in [0.717, 1.165) is 19.3 Å². The van der Waals surface area contributed by atoms with Crippen molar-refractivity contribution in [3.8, 4) is 0 Å². The molecule has 0 N–H and O–H groups in total. The molecule has 2 saturated carbocycles. The van der Waals surface area contributed by atoms with Gasteiger partial charge in [-0.2, -0.15) is 0 Å². The molecule has 3 aliphatic carbocycles. The van der Waals surface area contributed by atoms with Gasteiger partial charge in [-0.3, -0.25) is 0 Å². The molecule has 0 aromatic carbocycles. The van der Waals surface area contributed by atoms with Crippen molar-refractivity contribution in [2.24, 2.45) is 11.3 Å². The molecule has 6 heteroatoms. The molecule has 9 atom stereocenters. The summed E-state index contributed by atoms with van der Waals surface area (Å²) in [6, 6.07) is 0. The van der Waals surface area contributed by atoms with Crippen molar-refractivity contribution >= 4 is 11.8 Å². The highest BCUT2D eigenvalue weighted by molar-refractivity contribution is 7.98. The standard InChI is InChI=1S/C22H28O5S/c1-11(2)20-16(26-20)17-22(27-17)19(3)6-5-12-8-23-9-13(12)14(19)7-15-21(22,25-15)18(20)24-10-28-4/h8-9,11,14-18H,5-7,10H2,1-4H3/t14-,15-,16-,17-,18+,19-,20-,21+,22+/m0/s1. The molecule has 3 saturated heterocycles. The maximum Gasteiger partial charge on any atom is 0.156 e. The van der Waals surface area contributed by atoms with Crippen LogP contribution in [0.1, 0.15) is 50.7 Å². The fraction of sp³-hybridized carbons (Fsp3) is 0.818. The van der Waals surface area contributed by atoms with Crippen LogP contribution in [0.3, 0.4) is 0 Å². The summed E-state index contributed by atoms with van der Waals surface area (Å²) in [6.07, 6.45) is 9.58. The minimum absolute atomic E-state index is 0.0254. The summed E-state index contributed by atoms with van der Waals surface area (Å²) in [5.41, 5.74) is 1.88. The van der Waals surface area contributed by atoms with E-state index in [1.807, 2.05) is 12.5 Å². The molecule has 28 heavy (non-hydrogen) atoms. The summed E-state index contributed by atoms with van der Waals surface area (Å²) in [7, 11) is 0. The predicted molar refractivity (Wildman–Crippen MR) is 103 cm³/mol. The molecule has 3 aliphatic heterocycles. The number of thioether (sulfide) groups is 1. The van der Waals surface area contributed by atoms with E-state index in [0.29, 0.717) is 17.8 Å². The first-order valence-electron chi connectivity index (χ1n) is 10.7. The molecule has 5 nitrogen and oxygen atoms in total. The van der Waals surface area contributed by atoms with Crippen LogP contribution in [0.4, 0.5) is 0 Å². The van der Waals surface area contributed by atoms with Crippen LogP contribution in [0, 0.1) is 11.3 Å². The molecule has 5 fully saturated rings. The molecule has 1 aromatic rings.